The van der Waals surface area contributed by atoms with Gasteiger partial charge in [0.05, 0.1) is 4.92 Å². The first-order chi connectivity index (χ1) is 12.6. The van der Waals surface area contributed by atoms with Gasteiger partial charge in [0, 0.05) is 18.3 Å². The fourth-order valence-electron chi connectivity index (χ4n) is 4.05. The highest BCUT2D eigenvalue weighted by Gasteiger charge is 2.31. The van der Waals surface area contributed by atoms with Crippen LogP contribution < -0.4 is 4.90 Å². The molecule has 0 unspecified atom stereocenters. The lowest BCUT2D eigenvalue weighted by molar-refractivity contribution is -0.385. The summed E-state index contributed by atoms with van der Waals surface area (Å²) in [7, 11) is 1.97. The zero-order valence-electron chi connectivity index (χ0n) is 15.2. The van der Waals surface area contributed by atoms with Crippen molar-refractivity contribution in [1.29, 1.82) is 0 Å². The molecule has 2 saturated carbocycles. The maximum absolute atomic E-state index is 11.2. The summed E-state index contributed by atoms with van der Waals surface area (Å²) in [6.07, 6.45) is 10.1. The Hall–Kier alpha value is -2.43. The van der Waals surface area contributed by atoms with Crippen LogP contribution in [0.5, 0.6) is 0 Å². The highest BCUT2D eigenvalue weighted by atomic mass is 16.6. The van der Waals surface area contributed by atoms with Crippen LogP contribution in [-0.4, -0.2) is 17.0 Å². The molecule has 136 valence electrons. The maximum Gasteiger partial charge on any atom is 0.291 e. The topological polar surface area (TPSA) is 59.3 Å². The number of hydrogen-bond donors (Lipinski definition) is 0. The lowest BCUT2D eigenvalue weighted by Crippen LogP contribution is -2.12. The van der Waals surface area contributed by atoms with E-state index in [-0.39, 0.29) is 10.6 Å². The van der Waals surface area contributed by atoms with E-state index in [0.717, 1.165) is 29.9 Å². The molecule has 0 amide bonds. The largest absolute Gasteiger partial charge is 0.329 e. The van der Waals surface area contributed by atoms with Gasteiger partial charge in [0.1, 0.15) is 12.0 Å². The molecule has 0 N–H and O–H groups in total. The van der Waals surface area contributed by atoms with Crippen molar-refractivity contribution >= 4 is 17.2 Å². The van der Waals surface area contributed by atoms with Gasteiger partial charge in [-0.1, -0.05) is 31.4 Å². The van der Waals surface area contributed by atoms with Crippen molar-refractivity contribution in [2.45, 2.75) is 56.8 Å². The van der Waals surface area contributed by atoms with Crippen molar-refractivity contribution < 1.29 is 4.92 Å². The van der Waals surface area contributed by atoms with Crippen LogP contribution in [0.15, 0.2) is 36.5 Å². The Labute approximate surface area is 154 Å². The second-order valence-electron chi connectivity index (χ2n) is 7.62. The second-order valence-corrected chi connectivity index (χ2v) is 7.62. The summed E-state index contributed by atoms with van der Waals surface area (Å²) in [6, 6.07) is 10.6. The monoisotopic (exact) mass is 351 g/mol. The summed E-state index contributed by atoms with van der Waals surface area (Å²) in [4.78, 5) is 17.3. The SMILES string of the molecule is CN(c1ccc(C2CCCCC2)cc1)c1cc(C2CC2)c([N+](=O)[O-])cn1. The Morgan fingerprint density at radius 2 is 1.73 bits per heavy atom. The quantitative estimate of drug-likeness (QED) is 0.513. The number of hydrogen-bond acceptors (Lipinski definition) is 4. The fraction of sp³-hybridized carbons (Fsp3) is 0.476. The van der Waals surface area contributed by atoms with Gasteiger partial charge in [-0.2, -0.15) is 0 Å². The van der Waals surface area contributed by atoms with Gasteiger partial charge >= 0.3 is 0 Å². The van der Waals surface area contributed by atoms with Crippen LogP contribution in [0.25, 0.3) is 0 Å². The summed E-state index contributed by atoms with van der Waals surface area (Å²) in [5, 5.41) is 11.2. The first-order valence-corrected chi connectivity index (χ1v) is 9.61. The predicted molar refractivity (Wildman–Crippen MR) is 103 cm³/mol. The first kappa shape index (κ1) is 17.0. The molecule has 4 rings (SSSR count). The Balaban J connectivity index is 1.56. The third-order valence-corrected chi connectivity index (χ3v) is 5.81. The minimum atomic E-state index is -0.316. The van der Waals surface area contributed by atoms with Gasteiger partial charge < -0.3 is 4.90 Å². The maximum atomic E-state index is 11.2. The normalized spacial score (nSPS) is 17.9. The van der Waals surface area contributed by atoms with E-state index in [2.05, 4.69) is 29.2 Å². The van der Waals surface area contributed by atoms with Crippen LogP contribution in [0.4, 0.5) is 17.2 Å². The molecule has 0 saturated heterocycles. The van der Waals surface area contributed by atoms with Crippen molar-refractivity contribution in [2.75, 3.05) is 11.9 Å². The average molecular weight is 351 g/mol. The van der Waals surface area contributed by atoms with Crippen molar-refractivity contribution in [1.82, 2.24) is 4.98 Å². The number of nitro groups is 1. The Kier molecular flexibility index (Phi) is 4.62. The molecule has 1 heterocycles. The van der Waals surface area contributed by atoms with Gasteiger partial charge in [0.2, 0.25) is 0 Å². The summed E-state index contributed by atoms with van der Waals surface area (Å²) < 4.78 is 0. The number of nitrogens with zero attached hydrogens (tertiary/aromatic N) is 3. The molecule has 2 aromatic rings. The molecule has 0 radical (unpaired) electrons. The van der Waals surface area contributed by atoms with Gasteiger partial charge in [-0.05, 0) is 61.3 Å². The van der Waals surface area contributed by atoms with E-state index in [1.807, 2.05) is 18.0 Å². The van der Waals surface area contributed by atoms with E-state index in [1.54, 1.807) is 0 Å². The third kappa shape index (κ3) is 3.43. The van der Waals surface area contributed by atoms with Crippen LogP contribution in [0.2, 0.25) is 0 Å². The van der Waals surface area contributed by atoms with Crippen LogP contribution >= 0.6 is 0 Å². The molecule has 0 aliphatic heterocycles. The second kappa shape index (κ2) is 7.06. The number of aromatic nitrogens is 1. The molecule has 5 nitrogen and oxygen atoms in total. The first-order valence-electron chi connectivity index (χ1n) is 9.61. The molecule has 0 spiro atoms. The minimum absolute atomic E-state index is 0.150. The lowest BCUT2D eigenvalue weighted by atomic mass is 9.84. The van der Waals surface area contributed by atoms with E-state index < -0.39 is 0 Å². The number of benzene rings is 1. The van der Waals surface area contributed by atoms with Gasteiger partial charge in [0.25, 0.3) is 5.69 Å². The molecular weight excluding hydrogens is 326 g/mol. The standard InChI is InChI=1S/C21H25N3O2/c1-23(18-11-9-16(10-12-18)15-5-3-2-4-6-15)21-13-19(17-7-8-17)20(14-22-21)24(25)26/h9-15,17H,2-8H2,1H3. The predicted octanol–water partition coefficient (Wildman–Crippen LogP) is 5.68. The molecule has 1 aromatic carbocycles. The zero-order chi connectivity index (χ0) is 18.1. The molecule has 2 aliphatic rings. The van der Waals surface area contributed by atoms with Crippen molar-refractivity contribution in [2.24, 2.45) is 0 Å². The molecule has 5 heteroatoms. The highest BCUT2D eigenvalue weighted by molar-refractivity contribution is 5.62. The van der Waals surface area contributed by atoms with E-state index in [9.17, 15) is 10.1 Å². The molecule has 1 aromatic heterocycles. The zero-order valence-corrected chi connectivity index (χ0v) is 15.2. The Bertz CT molecular complexity index is 793. The Morgan fingerprint density at radius 1 is 1.04 bits per heavy atom. The minimum Gasteiger partial charge on any atom is -0.329 e. The number of anilines is 2. The molecule has 0 bridgehead atoms. The molecule has 0 atom stereocenters. The van der Waals surface area contributed by atoms with Gasteiger partial charge in [-0.3, -0.25) is 10.1 Å². The van der Waals surface area contributed by atoms with E-state index in [0.29, 0.717) is 11.8 Å². The number of rotatable bonds is 5. The molecule has 2 aliphatic carbocycles. The van der Waals surface area contributed by atoms with E-state index in [1.165, 1.54) is 43.9 Å². The highest BCUT2D eigenvalue weighted by Crippen LogP contribution is 2.45. The van der Waals surface area contributed by atoms with Crippen LogP contribution in [0, 0.1) is 10.1 Å². The van der Waals surface area contributed by atoms with Crippen LogP contribution in [0.3, 0.4) is 0 Å². The van der Waals surface area contributed by atoms with Crippen LogP contribution in [0.1, 0.15) is 67.9 Å². The smallest absolute Gasteiger partial charge is 0.291 e. The summed E-state index contributed by atoms with van der Waals surface area (Å²) >= 11 is 0. The third-order valence-electron chi connectivity index (χ3n) is 5.81. The lowest BCUT2D eigenvalue weighted by Gasteiger charge is -2.23. The summed E-state index contributed by atoms with van der Waals surface area (Å²) in [6.45, 7) is 0. The average Bonchev–Trinajstić information content (AvgIpc) is 3.53. The van der Waals surface area contributed by atoms with Crippen molar-refractivity contribution in [3.05, 3.63) is 57.8 Å². The molecule has 26 heavy (non-hydrogen) atoms. The van der Waals surface area contributed by atoms with Gasteiger partial charge in [-0.25, -0.2) is 4.98 Å². The van der Waals surface area contributed by atoms with Crippen molar-refractivity contribution in [3.8, 4) is 0 Å². The van der Waals surface area contributed by atoms with Crippen LogP contribution in [-0.2, 0) is 0 Å². The van der Waals surface area contributed by atoms with E-state index >= 15 is 0 Å². The fourth-order valence-corrected chi connectivity index (χ4v) is 4.05. The Morgan fingerprint density at radius 3 is 2.35 bits per heavy atom. The molecular formula is C21H25N3O2. The summed E-state index contributed by atoms with van der Waals surface area (Å²) in [5.41, 5.74) is 3.47. The molecule has 2 fully saturated rings. The van der Waals surface area contributed by atoms with Gasteiger partial charge in [-0.15, -0.1) is 0 Å². The summed E-state index contributed by atoms with van der Waals surface area (Å²) in [5.74, 6) is 1.78. The van der Waals surface area contributed by atoms with Crippen molar-refractivity contribution in [3.63, 3.8) is 0 Å². The number of pyridine rings is 1. The van der Waals surface area contributed by atoms with Gasteiger partial charge in [0.15, 0.2) is 0 Å². The van der Waals surface area contributed by atoms with E-state index in [4.69, 9.17) is 0 Å².